The van der Waals surface area contributed by atoms with Gasteiger partial charge in [0.05, 0.1) is 0 Å². The van der Waals surface area contributed by atoms with Gasteiger partial charge in [0.25, 0.3) is 0 Å². The third kappa shape index (κ3) is 7.31. The minimum absolute atomic E-state index is 0.183. The van der Waals surface area contributed by atoms with Crippen LogP contribution >= 0.6 is 0 Å². The van der Waals surface area contributed by atoms with E-state index >= 15 is 0 Å². The molecule has 1 rings (SSSR count). The van der Waals surface area contributed by atoms with Crippen LogP contribution in [0.1, 0.15) is 64.0 Å². The predicted molar refractivity (Wildman–Crippen MR) is 92.5 cm³/mol. The highest BCUT2D eigenvalue weighted by molar-refractivity contribution is 5.83. The van der Waals surface area contributed by atoms with Crippen LogP contribution in [-0.2, 0) is 16.0 Å². The standard InChI is InChI=1S/C19H29NO3/c1-13(2)12-17(19(22)23)20-18(21)7-5-6-15-8-10-16(11-9-15)14(3)4/h8-11,13-14,17H,5-7,12H2,1-4H3,(H,20,21)(H,22,23). The maximum Gasteiger partial charge on any atom is 0.326 e. The zero-order chi connectivity index (χ0) is 17.4. The van der Waals surface area contributed by atoms with E-state index in [1.54, 1.807) is 0 Å². The lowest BCUT2D eigenvalue weighted by molar-refractivity contribution is -0.142. The largest absolute Gasteiger partial charge is 0.480 e. The van der Waals surface area contributed by atoms with Crippen LogP contribution in [0, 0.1) is 5.92 Å². The molecule has 0 aliphatic heterocycles. The molecule has 1 unspecified atom stereocenters. The molecule has 0 heterocycles. The molecule has 0 aliphatic rings. The molecular weight excluding hydrogens is 290 g/mol. The van der Waals surface area contributed by atoms with Crippen molar-refractivity contribution < 1.29 is 14.7 Å². The average Bonchev–Trinajstić information content (AvgIpc) is 2.46. The van der Waals surface area contributed by atoms with Crippen LogP contribution in [-0.4, -0.2) is 23.0 Å². The number of carbonyl (C=O) groups is 2. The Morgan fingerprint density at radius 3 is 2.17 bits per heavy atom. The molecule has 4 nitrogen and oxygen atoms in total. The van der Waals surface area contributed by atoms with Crippen molar-refractivity contribution in [2.45, 2.75) is 65.3 Å². The molecule has 0 radical (unpaired) electrons. The second kappa shape index (κ2) is 9.33. The molecule has 23 heavy (non-hydrogen) atoms. The van der Waals surface area contributed by atoms with Crippen molar-refractivity contribution in [1.29, 1.82) is 0 Å². The Bertz CT molecular complexity index is 506. The van der Waals surface area contributed by atoms with Gasteiger partial charge in [-0.2, -0.15) is 0 Å². The number of rotatable bonds is 9. The van der Waals surface area contributed by atoms with Gasteiger partial charge in [0.1, 0.15) is 6.04 Å². The zero-order valence-electron chi connectivity index (χ0n) is 14.6. The molecule has 1 aromatic carbocycles. The van der Waals surface area contributed by atoms with Crippen molar-refractivity contribution in [3.8, 4) is 0 Å². The van der Waals surface area contributed by atoms with Gasteiger partial charge < -0.3 is 10.4 Å². The number of aliphatic carboxylic acids is 1. The highest BCUT2D eigenvalue weighted by atomic mass is 16.4. The number of nitrogens with one attached hydrogen (secondary N) is 1. The number of carbonyl (C=O) groups excluding carboxylic acids is 1. The molecule has 0 spiro atoms. The van der Waals surface area contributed by atoms with Crippen molar-refractivity contribution in [3.63, 3.8) is 0 Å². The SMILES string of the molecule is CC(C)CC(NC(=O)CCCc1ccc(C(C)C)cc1)C(=O)O. The minimum Gasteiger partial charge on any atom is -0.480 e. The van der Waals surface area contributed by atoms with Gasteiger partial charge >= 0.3 is 5.97 Å². The lowest BCUT2D eigenvalue weighted by Crippen LogP contribution is -2.41. The molecule has 1 amide bonds. The summed E-state index contributed by atoms with van der Waals surface area (Å²) in [5.74, 6) is -0.396. The number of amides is 1. The second-order valence-electron chi connectivity index (χ2n) is 6.84. The van der Waals surface area contributed by atoms with Gasteiger partial charge in [-0.05, 0) is 42.2 Å². The Morgan fingerprint density at radius 2 is 1.70 bits per heavy atom. The first-order valence-corrected chi connectivity index (χ1v) is 8.40. The lowest BCUT2D eigenvalue weighted by Gasteiger charge is -2.16. The first-order valence-electron chi connectivity index (χ1n) is 8.40. The first-order chi connectivity index (χ1) is 10.8. The van der Waals surface area contributed by atoms with Crippen LogP contribution in [0.3, 0.4) is 0 Å². The quantitative estimate of drug-likeness (QED) is 0.728. The van der Waals surface area contributed by atoms with Crippen LogP contribution in [0.25, 0.3) is 0 Å². The summed E-state index contributed by atoms with van der Waals surface area (Å²) in [6.07, 6.45) is 2.36. The minimum atomic E-state index is -0.962. The fourth-order valence-electron chi connectivity index (χ4n) is 2.48. The smallest absolute Gasteiger partial charge is 0.326 e. The number of carboxylic acid groups (broad SMARTS) is 1. The number of carboxylic acids is 1. The number of aryl methyl sites for hydroxylation is 1. The van der Waals surface area contributed by atoms with Crippen molar-refractivity contribution in [2.75, 3.05) is 0 Å². The lowest BCUT2D eigenvalue weighted by atomic mass is 10.00. The van der Waals surface area contributed by atoms with Crippen LogP contribution in [0.2, 0.25) is 0 Å². The number of hydrogen-bond acceptors (Lipinski definition) is 2. The number of hydrogen-bond donors (Lipinski definition) is 2. The van der Waals surface area contributed by atoms with Gasteiger partial charge in [-0.15, -0.1) is 0 Å². The van der Waals surface area contributed by atoms with Crippen LogP contribution in [0.4, 0.5) is 0 Å². The summed E-state index contributed by atoms with van der Waals surface area (Å²) in [6, 6.07) is 7.68. The van der Waals surface area contributed by atoms with Crippen molar-refractivity contribution >= 4 is 11.9 Å². The molecule has 0 fully saturated rings. The summed E-state index contributed by atoms with van der Waals surface area (Å²) in [5.41, 5.74) is 2.52. The van der Waals surface area contributed by atoms with Crippen LogP contribution < -0.4 is 5.32 Å². The summed E-state index contributed by atoms with van der Waals surface area (Å²) in [7, 11) is 0. The third-order valence-electron chi connectivity index (χ3n) is 3.86. The van der Waals surface area contributed by atoms with Crippen molar-refractivity contribution in [3.05, 3.63) is 35.4 Å². The van der Waals surface area contributed by atoms with E-state index in [0.717, 1.165) is 12.8 Å². The molecule has 1 atom stereocenters. The van der Waals surface area contributed by atoms with Gasteiger partial charge in [-0.25, -0.2) is 4.79 Å². The predicted octanol–water partition coefficient (Wildman–Crippen LogP) is 3.75. The van der Waals surface area contributed by atoms with Gasteiger partial charge in [0.2, 0.25) is 5.91 Å². The molecule has 0 aromatic heterocycles. The van der Waals surface area contributed by atoms with Gasteiger partial charge in [-0.1, -0.05) is 52.0 Å². The first kappa shape index (κ1) is 19.2. The van der Waals surface area contributed by atoms with Crippen molar-refractivity contribution in [1.82, 2.24) is 5.32 Å². The maximum atomic E-state index is 11.9. The Morgan fingerprint density at radius 1 is 1.09 bits per heavy atom. The molecule has 4 heteroatoms. The van der Waals surface area contributed by atoms with E-state index in [9.17, 15) is 9.59 Å². The van der Waals surface area contributed by atoms with Gasteiger partial charge in [0, 0.05) is 6.42 Å². The summed E-state index contributed by atoms with van der Waals surface area (Å²) >= 11 is 0. The van der Waals surface area contributed by atoms with E-state index in [0.29, 0.717) is 18.8 Å². The molecule has 128 valence electrons. The van der Waals surface area contributed by atoms with E-state index in [1.807, 2.05) is 13.8 Å². The zero-order valence-corrected chi connectivity index (χ0v) is 14.6. The average molecular weight is 319 g/mol. The molecule has 0 saturated carbocycles. The summed E-state index contributed by atoms with van der Waals surface area (Å²) < 4.78 is 0. The van der Waals surface area contributed by atoms with Crippen LogP contribution in [0.5, 0.6) is 0 Å². The van der Waals surface area contributed by atoms with E-state index in [1.165, 1.54) is 11.1 Å². The van der Waals surface area contributed by atoms with E-state index in [2.05, 4.69) is 43.4 Å². The van der Waals surface area contributed by atoms with Crippen LogP contribution in [0.15, 0.2) is 24.3 Å². The van der Waals surface area contributed by atoms with Gasteiger partial charge in [-0.3, -0.25) is 4.79 Å². The Kier molecular flexibility index (Phi) is 7.79. The Hall–Kier alpha value is -1.84. The van der Waals surface area contributed by atoms with E-state index in [-0.39, 0.29) is 11.8 Å². The molecule has 2 N–H and O–H groups in total. The Labute approximate surface area is 139 Å². The molecule has 0 saturated heterocycles. The normalized spacial score (nSPS) is 12.4. The highest BCUT2D eigenvalue weighted by Gasteiger charge is 2.20. The maximum absolute atomic E-state index is 11.9. The number of benzene rings is 1. The van der Waals surface area contributed by atoms with Gasteiger partial charge in [0.15, 0.2) is 0 Å². The topological polar surface area (TPSA) is 66.4 Å². The fourth-order valence-corrected chi connectivity index (χ4v) is 2.48. The monoisotopic (exact) mass is 319 g/mol. The van der Waals surface area contributed by atoms with E-state index in [4.69, 9.17) is 5.11 Å². The van der Waals surface area contributed by atoms with Crippen molar-refractivity contribution in [2.24, 2.45) is 5.92 Å². The van der Waals surface area contributed by atoms with E-state index < -0.39 is 12.0 Å². The molecule has 0 bridgehead atoms. The molecule has 1 aromatic rings. The summed E-state index contributed by atoms with van der Waals surface area (Å²) in [6.45, 7) is 8.22. The molecule has 0 aliphatic carbocycles. The highest BCUT2D eigenvalue weighted by Crippen LogP contribution is 2.15. The summed E-state index contributed by atoms with van der Waals surface area (Å²) in [4.78, 5) is 23.0. The Balaban J connectivity index is 2.39. The third-order valence-corrected chi connectivity index (χ3v) is 3.86. The summed E-state index contributed by atoms with van der Waals surface area (Å²) in [5, 5.41) is 11.8. The second-order valence-corrected chi connectivity index (χ2v) is 6.84. The molecular formula is C19H29NO3. The fraction of sp³-hybridized carbons (Fsp3) is 0.579.